The number of rotatable bonds is 5. The molecule has 160 valence electrons. The van der Waals surface area contributed by atoms with Gasteiger partial charge in [0.1, 0.15) is 5.57 Å². The predicted molar refractivity (Wildman–Crippen MR) is 122 cm³/mol. The maximum absolute atomic E-state index is 13.1. The molecule has 0 aromatic heterocycles. The van der Waals surface area contributed by atoms with Crippen molar-refractivity contribution in [2.75, 3.05) is 22.9 Å². The van der Waals surface area contributed by atoms with Crippen molar-refractivity contribution >= 4 is 35.3 Å². The largest absolute Gasteiger partial charge is 0.371 e. The van der Waals surface area contributed by atoms with E-state index in [1.165, 1.54) is 11.3 Å². The Bertz CT molecular complexity index is 1100. The minimum atomic E-state index is -0.726. The standard InChI is InChI=1S/C25H27N3O3/c1-4-5-11-27-12-10-19-14-18(7-9-22(19)27)15-21-23(29)26-25(31)28(24(21)30)20-8-6-16(2)17(3)13-20/h6-9,13-15H,4-5,10-12H2,1-3H3,(H,26,29,31). The summed E-state index contributed by atoms with van der Waals surface area (Å²) in [7, 11) is 0. The molecule has 4 rings (SSSR count). The number of nitrogens with one attached hydrogen (secondary N) is 1. The number of benzene rings is 2. The second-order valence-corrected chi connectivity index (χ2v) is 8.21. The van der Waals surface area contributed by atoms with Gasteiger partial charge in [0.15, 0.2) is 0 Å². The van der Waals surface area contributed by atoms with Crippen LogP contribution >= 0.6 is 0 Å². The molecule has 0 unspecified atom stereocenters. The van der Waals surface area contributed by atoms with Crippen LogP contribution in [0.3, 0.4) is 0 Å². The molecule has 0 bridgehead atoms. The van der Waals surface area contributed by atoms with E-state index in [0.717, 1.165) is 53.9 Å². The summed E-state index contributed by atoms with van der Waals surface area (Å²) in [6.45, 7) is 8.09. The van der Waals surface area contributed by atoms with E-state index in [4.69, 9.17) is 0 Å². The Morgan fingerprint density at radius 1 is 1.03 bits per heavy atom. The van der Waals surface area contributed by atoms with Crippen molar-refractivity contribution in [3.05, 3.63) is 64.2 Å². The lowest BCUT2D eigenvalue weighted by Gasteiger charge is -2.27. The lowest BCUT2D eigenvalue weighted by molar-refractivity contribution is -0.122. The van der Waals surface area contributed by atoms with E-state index >= 15 is 0 Å². The number of fused-ring (bicyclic) bond motifs is 1. The molecular weight excluding hydrogens is 390 g/mol. The van der Waals surface area contributed by atoms with E-state index in [1.54, 1.807) is 18.2 Å². The predicted octanol–water partition coefficient (Wildman–Crippen LogP) is 4.13. The van der Waals surface area contributed by atoms with Gasteiger partial charge >= 0.3 is 6.03 Å². The van der Waals surface area contributed by atoms with Gasteiger partial charge in [0, 0.05) is 18.8 Å². The van der Waals surface area contributed by atoms with Gasteiger partial charge in [0.2, 0.25) is 0 Å². The third-order valence-electron chi connectivity index (χ3n) is 6.04. The first-order chi connectivity index (χ1) is 14.9. The van der Waals surface area contributed by atoms with Gasteiger partial charge < -0.3 is 4.90 Å². The van der Waals surface area contributed by atoms with Crippen LogP contribution in [0.5, 0.6) is 0 Å². The first kappa shape index (κ1) is 20.8. The molecule has 1 saturated heterocycles. The fraction of sp³-hybridized carbons (Fsp3) is 0.320. The normalized spacial score (nSPS) is 17.4. The maximum atomic E-state index is 13.1. The molecule has 2 aromatic carbocycles. The van der Waals surface area contributed by atoms with Crippen LogP contribution in [-0.2, 0) is 16.0 Å². The fourth-order valence-corrected chi connectivity index (χ4v) is 4.08. The van der Waals surface area contributed by atoms with Crippen molar-refractivity contribution in [2.45, 2.75) is 40.0 Å². The topological polar surface area (TPSA) is 69.7 Å². The molecule has 2 aliphatic heterocycles. The summed E-state index contributed by atoms with van der Waals surface area (Å²) >= 11 is 0. The molecule has 6 heteroatoms. The van der Waals surface area contributed by atoms with Gasteiger partial charge in [-0.15, -0.1) is 0 Å². The van der Waals surface area contributed by atoms with Gasteiger partial charge in [-0.3, -0.25) is 14.9 Å². The quantitative estimate of drug-likeness (QED) is 0.587. The Hall–Kier alpha value is -3.41. The molecule has 0 aliphatic carbocycles. The molecule has 31 heavy (non-hydrogen) atoms. The number of urea groups is 1. The molecule has 2 aliphatic rings. The van der Waals surface area contributed by atoms with Crippen molar-refractivity contribution < 1.29 is 14.4 Å². The molecule has 0 radical (unpaired) electrons. The minimum absolute atomic E-state index is 0.0429. The van der Waals surface area contributed by atoms with Crippen LogP contribution in [0.15, 0.2) is 42.0 Å². The average Bonchev–Trinajstić information content (AvgIpc) is 3.14. The van der Waals surface area contributed by atoms with Crippen LogP contribution in [0.1, 0.15) is 42.0 Å². The third-order valence-corrected chi connectivity index (χ3v) is 6.04. The fourth-order valence-electron chi connectivity index (χ4n) is 4.08. The molecule has 2 heterocycles. The second kappa shape index (κ2) is 8.38. The zero-order valence-electron chi connectivity index (χ0n) is 18.2. The lowest BCUT2D eigenvalue weighted by Crippen LogP contribution is -2.54. The average molecular weight is 418 g/mol. The van der Waals surface area contributed by atoms with Crippen molar-refractivity contribution in [3.8, 4) is 0 Å². The monoisotopic (exact) mass is 417 g/mol. The molecule has 0 atom stereocenters. The summed E-state index contributed by atoms with van der Waals surface area (Å²) in [6.07, 6.45) is 4.84. The van der Waals surface area contributed by atoms with Crippen molar-refractivity contribution in [3.63, 3.8) is 0 Å². The molecule has 2 aromatic rings. The van der Waals surface area contributed by atoms with E-state index in [1.807, 2.05) is 32.0 Å². The van der Waals surface area contributed by atoms with Crippen molar-refractivity contribution in [1.82, 2.24) is 5.32 Å². The van der Waals surface area contributed by atoms with Crippen molar-refractivity contribution in [2.24, 2.45) is 0 Å². The van der Waals surface area contributed by atoms with Crippen molar-refractivity contribution in [1.29, 1.82) is 0 Å². The van der Waals surface area contributed by atoms with Gasteiger partial charge in [0.25, 0.3) is 11.8 Å². The Morgan fingerprint density at radius 3 is 2.58 bits per heavy atom. The number of barbiturate groups is 1. The van der Waals surface area contributed by atoms with Gasteiger partial charge in [-0.2, -0.15) is 0 Å². The highest BCUT2D eigenvalue weighted by molar-refractivity contribution is 6.39. The summed E-state index contributed by atoms with van der Waals surface area (Å²) < 4.78 is 0. The molecule has 6 nitrogen and oxygen atoms in total. The molecule has 1 fully saturated rings. The molecule has 0 spiro atoms. The zero-order chi connectivity index (χ0) is 22.1. The number of anilines is 2. The smallest absolute Gasteiger partial charge is 0.335 e. The van der Waals surface area contributed by atoms with Crippen LogP contribution in [0, 0.1) is 13.8 Å². The van der Waals surface area contributed by atoms with Crippen LogP contribution in [0.4, 0.5) is 16.2 Å². The number of amides is 4. The van der Waals surface area contributed by atoms with Crippen LogP contribution in [0.2, 0.25) is 0 Å². The number of imide groups is 2. The first-order valence-electron chi connectivity index (χ1n) is 10.8. The number of carbonyl (C=O) groups is 3. The van der Waals surface area contributed by atoms with Gasteiger partial charge in [-0.1, -0.05) is 25.5 Å². The van der Waals surface area contributed by atoms with Gasteiger partial charge in [-0.05, 0) is 79.3 Å². The minimum Gasteiger partial charge on any atom is -0.371 e. The Kier molecular flexibility index (Phi) is 5.63. The molecule has 1 N–H and O–H groups in total. The maximum Gasteiger partial charge on any atom is 0.335 e. The number of aryl methyl sites for hydroxylation is 2. The zero-order valence-corrected chi connectivity index (χ0v) is 18.2. The Labute approximate surface area is 182 Å². The summed E-state index contributed by atoms with van der Waals surface area (Å²) in [6, 6.07) is 10.6. The van der Waals surface area contributed by atoms with Crippen LogP contribution in [0.25, 0.3) is 6.08 Å². The summed E-state index contributed by atoms with van der Waals surface area (Å²) in [4.78, 5) is 41.4. The third kappa shape index (κ3) is 3.98. The van der Waals surface area contributed by atoms with Crippen LogP contribution in [-0.4, -0.2) is 30.9 Å². The second-order valence-electron chi connectivity index (χ2n) is 8.21. The number of hydrogen-bond donors (Lipinski definition) is 1. The number of carbonyl (C=O) groups excluding carboxylic acids is 3. The number of unbranched alkanes of at least 4 members (excludes halogenated alkanes) is 1. The highest BCUT2D eigenvalue weighted by atomic mass is 16.2. The Balaban J connectivity index is 1.64. The summed E-state index contributed by atoms with van der Waals surface area (Å²) in [5, 5.41) is 2.30. The highest BCUT2D eigenvalue weighted by Crippen LogP contribution is 2.30. The summed E-state index contributed by atoms with van der Waals surface area (Å²) in [5.41, 5.74) is 5.66. The van der Waals surface area contributed by atoms with Crippen LogP contribution < -0.4 is 15.1 Å². The summed E-state index contributed by atoms with van der Waals surface area (Å²) in [5.74, 6) is -1.28. The first-order valence-corrected chi connectivity index (χ1v) is 10.8. The van der Waals surface area contributed by atoms with E-state index in [2.05, 4.69) is 23.2 Å². The SMILES string of the molecule is CCCCN1CCc2cc(C=C3C(=O)NC(=O)N(c4ccc(C)c(C)c4)C3=O)ccc21. The van der Waals surface area contributed by atoms with Gasteiger partial charge in [0.05, 0.1) is 5.69 Å². The molecule has 0 saturated carbocycles. The number of nitrogens with zero attached hydrogens (tertiary/aromatic N) is 2. The highest BCUT2D eigenvalue weighted by Gasteiger charge is 2.37. The molecule has 4 amide bonds. The van der Waals surface area contributed by atoms with Gasteiger partial charge in [-0.25, -0.2) is 9.69 Å². The number of hydrogen-bond acceptors (Lipinski definition) is 4. The van der Waals surface area contributed by atoms with E-state index < -0.39 is 17.8 Å². The molecular formula is C25H27N3O3. The Morgan fingerprint density at radius 2 is 1.84 bits per heavy atom. The lowest BCUT2D eigenvalue weighted by atomic mass is 10.0. The van der Waals surface area contributed by atoms with E-state index in [0.29, 0.717) is 5.69 Å². The van der Waals surface area contributed by atoms with E-state index in [-0.39, 0.29) is 5.57 Å². The van der Waals surface area contributed by atoms with E-state index in [9.17, 15) is 14.4 Å².